The fourth-order valence-electron chi connectivity index (χ4n) is 4.00. The molecule has 1 fully saturated rings. The van der Waals surface area contributed by atoms with Crippen LogP contribution in [0, 0.1) is 6.92 Å². The third kappa shape index (κ3) is 2.50. The predicted molar refractivity (Wildman–Crippen MR) is 103 cm³/mol. The molecule has 2 aliphatic rings. The first kappa shape index (κ1) is 17.3. The van der Waals surface area contributed by atoms with Crippen LogP contribution in [0.3, 0.4) is 0 Å². The van der Waals surface area contributed by atoms with E-state index in [1.54, 1.807) is 0 Å². The highest BCUT2D eigenvalue weighted by Crippen LogP contribution is 2.50. The first-order valence-electron chi connectivity index (χ1n) is 8.79. The number of ether oxygens (including phenoxy) is 1. The van der Waals surface area contributed by atoms with Crippen molar-refractivity contribution in [1.29, 1.82) is 0 Å². The molecule has 2 heterocycles. The second-order valence-corrected chi connectivity index (χ2v) is 8.09. The minimum Gasteiger partial charge on any atom is -0.508 e. The van der Waals surface area contributed by atoms with Gasteiger partial charge in [-0.15, -0.1) is 0 Å². The summed E-state index contributed by atoms with van der Waals surface area (Å²) in [6.07, 6.45) is 1.26. The molecule has 0 aromatic heterocycles. The Hall–Kier alpha value is -2.10. The predicted octanol–water partition coefficient (Wildman–Crippen LogP) is 5.50. The lowest BCUT2D eigenvalue weighted by Crippen LogP contribution is -2.45. The van der Waals surface area contributed by atoms with Crippen molar-refractivity contribution < 1.29 is 14.6 Å². The van der Waals surface area contributed by atoms with E-state index < -0.39 is 11.2 Å². The van der Waals surface area contributed by atoms with Crippen molar-refractivity contribution in [3.63, 3.8) is 0 Å². The van der Waals surface area contributed by atoms with Crippen LogP contribution in [-0.2, 0) is 9.53 Å². The van der Waals surface area contributed by atoms with Crippen molar-refractivity contribution in [2.45, 2.75) is 44.8 Å². The van der Waals surface area contributed by atoms with Gasteiger partial charge in [0.2, 0.25) is 0 Å². The van der Waals surface area contributed by atoms with Crippen LogP contribution in [0.25, 0.3) is 16.7 Å². The Morgan fingerprint density at radius 3 is 2.31 bits per heavy atom. The molecule has 4 heteroatoms. The summed E-state index contributed by atoms with van der Waals surface area (Å²) in [5.41, 5.74) is 2.45. The molecule has 2 aromatic rings. The van der Waals surface area contributed by atoms with Crippen LogP contribution in [0.5, 0.6) is 0 Å². The highest BCUT2D eigenvalue weighted by atomic mass is 35.5. The Kier molecular flexibility index (Phi) is 3.80. The van der Waals surface area contributed by atoms with Crippen LogP contribution in [-0.4, -0.2) is 22.1 Å². The van der Waals surface area contributed by atoms with Gasteiger partial charge in [-0.1, -0.05) is 35.9 Å². The zero-order valence-corrected chi connectivity index (χ0v) is 15.9. The van der Waals surface area contributed by atoms with Gasteiger partial charge in [-0.2, -0.15) is 0 Å². The maximum Gasteiger partial charge on any atom is 0.198 e. The van der Waals surface area contributed by atoms with Crippen molar-refractivity contribution in [1.82, 2.24) is 0 Å². The topological polar surface area (TPSA) is 46.5 Å². The fourth-order valence-corrected chi connectivity index (χ4v) is 4.13. The summed E-state index contributed by atoms with van der Waals surface area (Å²) >= 11 is 5.99. The molecule has 26 heavy (non-hydrogen) atoms. The summed E-state index contributed by atoms with van der Waals surface area (Å²) in [4.78, 5) is 13.1. The number of aliphatic hydroxyl groups is 1. The highest BCUT2D eigenvalue weighted by Gasteiger charge is 2.57. The Morgan fingerprint density at radius 1 is 1.00 bits per heavy atom. The minimum absolute atomic E-state index is 0.0498. The van der Waals surface area contributed by atoms with Gasteiger partial charge in [0.25, 0.3) is 0 Å². The van der Waals surface area contributed by atoms with Gasteiger partial charge in [0, 0.05) is 5.02 Å². The number of aliphatic hydroxyl groups excluding tert-OH is 1. The molecule has 0 spiro atoms. The Labute approximate surface area is 158 Å². The second kappa shape index (κ2) is 5.70. The Bertz CT molecular complexity index is 944. The van der Waals surface area contributed by atoms with Gasteiger partial charge in [-0.05, 0) is 74.1 Å². The van der Waals surface area contributed by atoms with Crippen molar-refractivity contribution in [3.8, 4) is 11.1 Å². The van der Waals surface area contributed by atoms with Crippen LogP contribution in [0.4, 0.5) is 0 Å². The summed E-state index contributed by atoms with van der Waals surface area (Å²) in [5.74, 6) is -0.0878. The quantitative estimate of drug-likeness (QED) is 0.761. The number of carbonyl (C=O) groups is 1. The summed E-state index contributed by atoms with van der Waals surface area (Å²) in [6.45, 7) is 5.64. The molecule has 0 radical (unpaired) electrons. The lowest BCUT2D eigenvalue weighted by atomic mass is 9.84. The number of hydrogen-bond acceptors (Lipinski definition) is 3. The third-order valence-electron chi connectivity index (χ3n) is 5.66. The second-order valence-electron chi connectivity index (χ2n) is 7.65. The smallest absolute Gasteiger partial charge is 0.198 e. The van der Waals surface area contributed by atoms with Crippen LogP contribution < -0.4 is 0 Å². The number of hydrogen-bond donors (Lipinski definition) is 1. The number of benzene rings is 2. The van der Waals surface area contributed by atoms with Crippen molar-refractivity contribution in [2.75, 3.05) is 0 Å². The SMILES string of the molecule is Cc1ccc(-c2ccc(Cl)cc2)cc1C1=C(O)C2(C)CCC(C)(O2)C1=O. The first-order valence-corrected chi connectivity index (χ1v) is 9.17. The summed E-state index contributed by atoms with van der Waals surface area (Å²) < 4.78 is 5.94. The van der Waals surface area contributed by atoms with Crippen molar-refractivity contribution in [3.05, 3.63) is 64.4 Å². The lowest BCUT2D eigenvalue weighted by molar-refractivity contribution is -0.146. The Balaban J connectivity index is 1.89. The molecule has 3 nitrogen and oxygen atoms in total. The number of carbonyl (C=O) groups excluding carboxylic acids is 1. The van der Waals surface area contributed by atoms with Gasteiger partial charge in [-0.3, -0.25) is 4.79 Å². The molecular formula is C22H21ClO3. The van der Waals surface area contributed by atoms with Gasteiger partial charge >= 0.3 is 0 Å². The van der Waals surface area contributed by atoms with Gasteiger partial charge in [-0.25, -0.2) is 0 Å². The van der Waals surface area contributed by atoms with Gasteiger partial charge in [0.15, 0.2) is 5.78 Å². The monoisotopic (exact) mass is 368 g/mol. The molecule has 1 saturated heterocycles. The zero-order chi connectivity index (χ0) is 18.7. The van der Waals surface area contributed by atoms with Crippen LogP contribution in [0.15, 0.2) is 48.2 Å². The van der Waals surface area contributed by atoms with E-state index in [0.717, 1.165) is 22.3 Å². The standard InChI is InChI=1S/C22H21ClO3/c1-13-4-5-15(14-6-8-16(23)9-7-14)12-17(13)18-19(24)21(2)10-11-22(3,26-21)20(18)25/h4-9,12,24H,10-11H2,1-3H3. The molecule has 2 bridgehead atoms. The third-order valence-corrected chi connectivity index (χ3v) is 5.91. The molecular weight excluding hydrogens is 348 g/mol. The first-order chi connectivity index (χ1) is 12.2. The largest absolute Gasteiger partial charge is 0.508 e. The van der Waals surface area contributed by atoms with Gasteiger partial charge in [0.05, 0.1) is 5.57 Å². The van der Waals surface area contributed by atoms with E-state index in [2.05, 4.69) is 0 Å². The normalized spacial score (nSPS) is 27.9. The van der Waals surface area contributed by atoms with E-state index in [4.69, 9.17) is 16.3 Å². The average molecular weight is 369 g/mol. The molecule has 2 atom stereocenters. The van der Waals surface area contributed by atoms with Crippen LogP contribution in [0.1, 0.15) is 37.8 Å². The highest BCUT2D eigenvalue weighted by molar-refractivity contribution is 6.30. The molecule has 0 saturated carbocycles. The van der Waals surface area contributed by atoms with Crippen molar-refractivity contribution in [2.24, 2.45) is 0 Å². The molecule has 2 aromatic carbocycles. The summed E-state index contributed by atoms with van der Waals surface area (Å²) in [6, 6.07) is 13.5. The number of halogens is 1. The average Bonchev–Trinajstić information content (AvgIpc) is 2.91. The van der Waals surface area contributed by atoms with Crippen LogP contribution in [0.2, 0.25) is 5.02 Å². The van der Waals surface area contributed by atoms with Gasteiger partial charge in [0.1, 0.15) is 17.0 Å². The van der Waals surface area contributed by atoms with E-state index in [9.17, 15) is 9.90 Å². The van der Waals surface area contributed by atoms with Gasteiger partial charge < -0.3 is 9.84 Å². The molecule has 0 aliphatic carbocycles. The van der Waals surface area contributed by atoms with E-state index in [-0.39, 0.29) is 11.5 Å². The van der Waals surface area contributed by atoms with E-state index in [1.165, 1.54) is 0 Å². The maximum absolute atomic E-state index is 13.1. The molecule has 134 valence electrons. The molecule has 2 unspecified atom stereocenters. The Morgan fingerprint density at radius 2 is 1.62 bits per heavy atom. The van der Waals surface area contributed by atoms with Crippen molar-refractivity contribution >= 4 is 23.0 Å². The maximum atomic E-state index is 13.1. The van der Waals surface area contributed by atoms with E-state index in [0.29, 0.717) is 23.4 Å². The molecule has 4 rings (SSSR count). The molecule has 2 aliphatic heterocycles. The van der Waals surface area contributed by atoms with E-state index >= 15 is 0 Å². The minimum atomic E-state index is -0.862. The zero-order valence-electron chi connectivity index (χ0n) is 15.1. The lowest BCUT2D eigenvalue weighted by Gasteiger charge is -2.36. The summed E-state index contributed by atoms with van der Waals surface area (Å²) in [5, 5.41) is 11.6. The molecule has 0 amide bonds. The van der Waals surface area contributed by atoms with E-state index in [1.807, 2.05) is 63.2 Å². The number of Topliss-reactive ketones (excluding diaryl/α,β-unsaturated/α-hetero) is 1. The number of rotatable bonds is 2. The fraction of sp³-hybridized carbons (Fsp3) is 0.318. The molecule has 1 N–H and O–H groups in total. The number of aryl methyl sites for hydroxylation is 1. The summed E-state index contributed by atoms with van der Waals surface area (Å²) in [7, 11) is 0. The number of ketones is 1. The van der Waals surface area contributed by atoms with Crippen LogP contribution >= 0.6 is 11.6 Å². The number of fused-ring (bicyclic) bond motifs is 2.